The number of amides is 1. The number of aryl methyl sites for hydroxylation is 1. The van der Waals surface area contributed by atoms with Gasteiger partial charge in [-0.15, -0.1) is 11.8 Å². The third kappa shape index (κ3) is 4.51. The van der Waals surface area contributed by atoms with E-state index in [2.05, 4.69) is 4.98 Å². The summed E-state index contributed by atoms with van der Waals surface area (Å²) in [4.78, 5) is 25.1. The van der Waals surface area contributed by atoms with Crippen LogP contribution in [0.5, 0.6) is 0 Å². The monoisotopic (exact) mass is 453 g/mol. The molecule has 0 atom stereocenters. The molecule has 7 heteroatoms. The van der Waals surface area contributed by atoms with E-state index in [9.17, 15) is 4.79 Å². The molecule has 0 saturated heterocycles. The van der Waals surface area contributed by atoms with Crippen LogP contribution < -0.4 is 4.90 Å². The Kier molecular flexibility index (Phi) is 6.37. The fourth-order valence-corrected chi connectivity index (χ4v) is 4.75. The third-order valence-corrected chi connectivity index (χ3v) is 7.07. The maximum atomic E-state index is 13.3. The standard InChI is InChI=1S/C23H20ClN3OS2/c1-15-19(24)7-8-20-22(15)26-23(30-20)27(14-17-9-11-25-12-10-17)21(28)13-16-3-5-18(29-2)6-4-16/h3-12H,13-14H2,1-2H3. The van der Waals surface area contributed by atoms with E-state index in [1.165, 1.54) is 16.2 Å². The number of benzene rings is 2. The molecule has 0 aliphatic heterocycles. The van der Waals surface area contributed by atoms with Crippen molar-refractivity contribution < 1.29 is 4.79 Å². The van der Waals surface area contributed by atoms with Gasteiger partial charge in [-0.1, -0.05) is 35.1 Å². The molecule has 4 nitrogen and oxygen atoms in total. The second kappa shape index (κ2) is 9.16. The summed E-state index contributed by atoms with van der Waals surface area (Å²) in [5.41, 5.74) is 3.77. The van der Waals surface area contributed by atoms with E-state index >= 15 is 0 Å². The number of nitrogens with zero attached hydrogens (tertiary/aromatic N) is 3. The number of fused-ring (bicyclic) bond motifs is 1. The van der Waals surface area contributed by atoms with Gasteiger partial charge in [0.25, 0.3) is 0 Å². The van der Waals surface area contributed by atoms with Crippen LogP contribution in [0.2, 0.25) is 5.02 Å². The normalized spacial score (nSPS) is 11.0. The summed E-state index contributed by atoms with van der Waals surface area (Å²) in [5.74, 6) is 0.00604. The number of aromatic nitrogens is 2. The Hall–Kier alpha value is -2.41. The molecule has 0 saturated carbocycles. The quantitative estimate of drug-likeness (QED) is 0.328. The van der Waals surface area contributed by atoms with E-state index < -0.39 is 0 Å². The molecule has 152 valence electrons. The number of halogens is 1. The van der Waals surface area contributed by atoms with Crippen LogP contribution in [0.4, 0.5) is 5.13 Å². The molecule has 0 aliphatic carbocycles. The number of thioether (sulfide) groups is 1. The molecular formula is C23H20ClN3OS2. The van der Waals surface area contributed by atoms with Crippen molar-refractivity contribution in [1.82, 2.24) is 9.97 Å². The van der Waals surface area contributed by atoms with E-state index in [1.807, 2.05) is 61.7 Å². The second-order valence-corrected chi connectivity index (χ2v) is 9.17. The van der Waals surface area contributed by atoms with Crippen molar-refractivity contribution in [1.29, 1.82) is 0 Å². The minimum Gasteiger partial charge on any atom is -0.283 e. The highest BCUT2D eigenvalue weighted by atomic mass is 35.5. The summed E-state index contributed by atoms with van der Waals surface area (Å²) in [5, 5.41) is 1.36. The molecular weight excluding hydrogens is 434 g/mol. The maximum Gasteiger partial charge on any atom is 0.233 e. The predicted octanol–water partition coefficient (Wildman–Crippen LogP) is 6.15. The second-order valence-electron chi connectivity index (χ2n) is 6.88. The fourth-order valence-electron chi connectivity index (χ4n) is 3.15. The Morgan fingerprint density at radius 3 is 2.50 bits per heavy atom. The first-order valence-corrected chi connectivity index (χ1v) is 11.8. The van der Waals surface area contributed by atoms with Crippen LogP contribution in [0.1, 0.15) is 16.7 Å². The molecule has 2 aromatic heterocycles. The molecule has 0 bridgehead atoms. The Bertz CT molecular complexity index is 1180. The number of carbonyl (C=O) groups excluding carboxylic acids is 1. The first kappa shape index (κ1) is 20.8. The molecule has 4 aromatic rings. The summed E-state index contributed by atoms with van der Waals surface area (Å²) < 4.78 is 1.02. The van der Waals surface area contributed by atoms with Crippen LogP contribution in [0.15, 0.2) is 65.8 Å². The molecule has 0 fully saturated rings. The molecule has 2 heterocycles. The van der Waals surface area contributed by atoms with Gasteiger partial charge in [-0.05, 0) is 66.3 Å². The van der Waals surface area contributed by atoms with Gasteiger partial charge in [0, 0.05) is 22.3 Å². The maximum absolute atomic E-state index is 13.3. The van der Waals surface area contributed by atoms with Gasteiger partial charge >= 0.3 is 0 Å². The molecule has 30 heavy (non-hydrogen) atoms. The van der Waals surface area contributed by atoms with Crippen LogP contribution in [-0.4, -0.2) is 22.1 Å². The van der Waals surface area contributed by atoms with Gasteiger partial charge in [-0.25, -0.2) is 4.98 Å². The van der Waals surface area contributed by atoms with E-state index in [0.29, 0.717) is 23.1 Å². The minimum absolute atomic E-state index is 0.00604. The smallest absolute Gasteiger partial charge is 0.233 e. The lowest BCUT2D eigenvalue weighted by atomic mass is 10.1. The van der Waals surface area contributed by atoms with E-state index in [0.717, 1.165) is 26.9 Å². The van der Waals surface area contributed by atoms with Crippen molar-refractivity contribution in [3.05, 3.63) is 82.6 Å². The Morgan fingerprint density at radius 1 is 1.07 bits per heavy atom. The fraction of sp³-hybridized carbons (Fsp3) is 0.174. The SMILES string of the molecule is CSc1ccc(CC(=O)N(Cc2ccncc2)c2nc3c(C)c(Cl)ccc3s2)cc1. The molecule has 0 radical (unpaired) electrons. The number of carbonyl (C=O) groups is 1. The van der Waals surface area contributed by atoms with Crippen LogP contribution in [0, 0.1) is 6.92 Å². The number of hydrogen-bond donors (Lipinski definition) is 0. The van der Waals surface area contributed by atoms with Crippen molar-refractivity contribution in [2.45, 2.75) is 24.8 Å². The number of pyridine rings is 1. The van der Waals surface area contributed by atoms with E-state index in [-0.39, 0.29) is 5.91 Å². The molecule has 0 aliphatic rings. The van der Waals surface area contributed by atoms with Crippen molar-refractivity contribution in [2.75, 3.05) is 11.2 Å². The number of rotatable bonds is 6. The van der Waals surface area contributed by atoms with Gasteiger partial charge in [-0.3, -0.25) is 14.7 Å². The van der Waals surface area contributed by atoms with E-state index in [4.69, 9.17) is 16.6 Å². The van der Waals surface area contributed by atoms with Crippen molar-refractivity contribution in [3.63, 3.8) is 0 Å². The lowest BCUT2D eigenvalue weighted by molar-refractivity contribution is -0.118. The average Bonchev–Trinajstić information content (AvgIpc) is 3.20. The molecule has 2 aromatic carbocycles. The predicted molar refractivity (Wildman–Crippen MR) is 127 cm³/mol. The average molecular weight is 454 g/mol. The minimum atomic E-state index is 0.00604. The van der Waals surface area contributed by atoms with Crippen molar-refractivity contribution >= 4 is 56.0 Å². The van der Waals surface area contributed by atoms with Gasteiger partial charge in [0.15, 0.2) is 5.13 Å². The first-order valence-electron chi connectivity index (χ1n) is 9.43. The van der Waals surface area contributed by atoms with Gasteiger partial charge < -0.3 is 0 Å². The lowest BCUT2D eigenvalue weighted by Crippen LogP contribution is -2.31. The number of thiazole rings is 1. The molecule has 1 amide bonds. The molecule has 4 rings (SSSR count). The molecule has 0 N–H and O–H groups in total. The molecule has 0 unspecified atom stereocenters. The third-order valence-electron chi connectivity index (χ3n) is 4.87. The molecule has 0 spiro atoms. The van der Waals surface area contributed by atoms with Crippen LogP contribution in [0.25, 0.3) is 10.2 Å². The zero-order valence-electron chi connectivity index (χ0n) is 16.6. The van der Waals surface area contributed by atoms with Crippen LogP contribution >= 0.6 is 34.7 Å². The topological polar surface area (TPSA) is 46.1 Å². The van der Waals surface area contributed by atoms with Crippen molar-refractivity contribution in [2.24, 2.45) is 0 Å². The first-order chi connectivity index (χ1) is 14.5. The number of hydrogen-bond acceptors (Lipinski definition) is 5. The lowest BCUT2D eigenvalue weighted by Gasteiger charge is -2.20. The van der Waals surface area contributed by atoms with Gasteiger partial charge in [-0.2, -0.15) is 0 Å². The summed E-state index contributed by atoms with van der Waals surface area (Å²) in [6.45, 7) is 2.40. The van der Waals surface area contributed by atoms with Gasteiger partial charge in [0.2, 0.25) is 5.91 Å². The highest BCUT2D eigenvalue weighted by Crippen LogP contribution is 2.34. The van der Waals surface area contributed by atoms with Crippen LogP contribution in [-0.2, 0) is 17.8 Å². The summed E-state index contributed by atoms with van der Waals surface area (Å²) in [7, 11) is 0. The van der Waals surface area contributed by atoms with Gasteiger partial charge in [0.05, 0.1) is 23.2 Å². The Labute approximate surface area is 188 Å². The summed E-state index contributed by atoms with van der Waals surface area (Å²) in [6, 6.07) is 15.8. The Balaban J connectivity index is 1.68. The zero-order chi connectivity index (χ0) is 21.1. The Morgan fingerprint density at radius 2 is 1.80 bits per heavy atom. The highest BCUT2D eigenvalue weighted by Gasteiger charge is 2.21. The van der Waals surface area contributed by atoms with E-state index in [1.54, 1.807) is 29.1 Å². The van der Waals surface area contributed by atoms with Gasteiger partial charge in [0.1, 0.15) is 0 Å². The van der Waals surface area contributed by atoms with Crippen molar-refractivity contribution in [3.8, 4) is 0 Å². The highest BCUT2D eigenvalue weighted by molar-refractivity contribution is 7.98. The summed E-state index contributed by atoms with van der Waals surface area (Å²) >= 11 is 9.47. The number of anilines is 1. The zero-order valence-corrected chi connectivity index (χ0v) is 19.0. The van der Waals surface area contributed by atoms with Crippen LogP contribution in [0.3, 0.4) is 0 Å². The largest absolute Gasteiger partial charge is 0.283 e. The summed E-state index contributed by atoms with van der Waals surface area (Å²) in [6.07, 6.45) is 5.83.